The number of carbonyl (C=O) groups excluding carboxylic acids is 1. The molecule has 8 nitrogen and oxygen atoms in total. The van der Waals surface area contributed by atoms with Gasteiger partial charge in [-0.3, -0.25) is 14.6 Å². The molecule has 0 saturated carbocycles. The van der Waals surface area contributed by atoms with E-state index in [1.165, 1.54) is 36.1 Å². The van der Waals surface area contributed by atoms with Gasteiger partial charge in [-0.15, -0.1) is 0 Å². The maximum atomic E-state index is 12.1. The molecule has 102 valence electrons. The van der Waals surface area contributed by atoms with E-state index in [0.29, 0.717) is 0 Å². The first-order valence-corrected chi connectivity index (χ1v) is 6.83. The number of hydrogen-bond acceptors (Lipinski definition) is 4. The Balaban J connectivity index is 2.34. The molecule has 0 radical (unpaired) electrons. The number of aromatic nitrogens is 3. The largest absolute Gasteiger partial charge is 0.354 e. The molecule has 0 spiro atoms. The minimum Gasteiger partial charge on any atom is -0.354 e. The zero-order valence-corrected chi connectivity index (χ0v) is 11.2. The zero-order chi connectivity index (χ0) is 14.0. The Morgan fingerprint density at radius 3 is 2.79 bits per heavy atom. The van der Waals surface area contributed by atoms with Crippen LogP contribution in [0.5, 0.6) is 0 Å². The van der Waals surface area contributed by atoms with Gasteiger partial charge >= 0.3 is 0 Å². The third-order valence-electron chi connectivity index (χ3n) is 2.49. The number of rotatable bonds is 4. The molecule has 0 atom stereocenters. The molecule has 9 heteroatoms. The van der Waals surface area contributed by atoms with E-state index in [9.17, 15) is 13.2 Å². The molecule has 0 aliphatic rings. The summed E-state index contributed by atoms with van der Waals surface area (Å²) >= 11 is 0. The van der Waals surface area contributed by atoms with Crippen molar-refractivity contribution in [2.24, 2.45) is 7.05 Å². The van der Waals surface area contributed by atoms with Crippen molar-refractivity contribution in [1.29, 1.82) is 0 Å². The second kappa shape index (κ2) is 4.76. The molecule has 0 bridgehead atoms. The van der Waals surface area contributed by atoms with Gasteiger partial charge in [-0.2, -0.15) is 5.10 Å². The number of nitrogens with zero attached hydrogens (tertiary/aromatic N) is 2. The third-order valence-corrected chi connectivity index (χ3v) is 3.83. The predicted molar refractivity (Wildman–Crippen MR) is 68.2 cm³/mol. The molecule has 0 unspecified atom stereocenters. The highest BCUT2D eigenvalue weighted by Gasteiger charge is 2.20. The lowest BCUT2D eigenvalue weighted by molar-refractivity contribution is 0.0955. The topological polar surface area (TPSA) is 109 Å². The molecule has 19 heavy (non-hydrogen) atoms. The number of aromatic amines is 1. The first kappa shape index (κ1) is 13.1. The first-order valence-electron chi connectivity index (χ1n) is 5.34. The van der Waals surface area contributed by atoms with Crippen LogP contribution in [0.3, 0.4) is 0 Å². The molecule has 0 saturated heterocycles. The van der Waals surface area contributed by atoms with Gasteiger partial charge in [0.05, 0.1) is 6.20 Å². The monoisotopic (exact) mass is 283 g/mol. The van der Waals surface area contributed by atoms with Crippen molar-refractivity contribution in [2.75, 3.05) is 11.8 Å². The summed E-state index contributed by atoms with van der Waals surface area (Å²) in [6.45, 7) is 0. The molecular formula is C10H13N5O3S. The number of anilines is 1. The average Bonchev–Trinajstić information content (AvgIpc) is 2.97. The fourth-order valence-corrected chi connectivity index (χ4v) is 2.64. The van der Waals surface area contributed by atoms with Crippen LogP contribution in [-0.4, -0.2) is 36.1 Å². The van der Waals surface area contributed by atoms with Gasteiger partial charge in [-0.1, -0.05) is 0 Å². The molecule has 2 heterocycles. The molecule has 0 aliphatic carbocycles. The lowest BCUT2D eigenvalue weighted by Crippen LogP contribution is -2.20. The van der Waals surface area contributed by atoms with Crippen LogP contribution in [0.2, 0.25) is 0 Å². The summed E-state index contributed by atoms with van der Waals surface area (Å²) in [5, 5.41) is 8.58. The van der Waals surface area contributed by atoms with Gasteiger partial charge in [0.15, 0.2) is 0 Å². The van der Waals surface area contributed by atoms with Crippen LogP contribution in [0.4, 0.5) is 5.82 Å². The number of H-pyrrole nitrogens is 1. The van der Waals surface area contributed by atoms with E-state index < -0.39 is 10.0 Å². The van der Waals surface area contributed by atoms with Crippen molar-refractivity contribution in [3.63, 3.8) is 0 Å². The Kier molecular flexibility index (Phi) is 3.30. The van der Waals surface area contributed by atoms with E-state index in [1.54, 1.807) is 7.05 Å². The molecule has 0 fully saturated rings. The second-order valence-electron chi connectivity index (χ2n) is 3.83. The van der Waals surface area contributed by atoms with Crippen LogP contribution in [0.15, 0.2) is 29.4 Å². The summed E-state index contributed by atoms with van der Waals surface area (Å²) in [6, 6.07) is 2.79. The Labute approximate surface area is 109 Å². The SMILES string of the molecule is CNC(=O)c1cc(S(=O)(=O)Nc2ccn[nH]2)cn1C. The van der Waals surface area contributed by atoms with Crippen molar-refractivity contribution in [1.82, 2.24) is 20.1 Å². The van der Waals surface area contributed by atoms with E-state index in [1.807, 2.05) is 0 Å². The summed E-state index contributed by atoms with van der Waals surface area (Å²) in [6.07, 6.45) is 2.79. The molecule has 2 aromatic heterocycles. The normalized spacial score (nSPS) is 11.3. The third kappa shape index (κ3) is 2.60. The zero-order valence-electron chi connectivity index (χ0n) is 10.3. The summed E-state index contributed by atoms with van der Waals surface area (Å²) < 4.78 is 27.9. The second-order valence-corrected chi connectivity index (χ2v) is 5.51. The van der Waals surface area contributed by atoms with Crippen molar-refractivity contribution >= 4 is 21.7 Å². The van der Waals surface area contributed by atoms with Crippen molar-refractivity contribution in [2.45, 2.75) is 4.90 Å². The highest BCUT2D eigenvalue weighted by molar-refractivity contribution is 7.92. The van der Waals surface area contributed by atoms with Gasteiger partial charge in [0, 0.05) is 26.4 Å². The van der Waals surface area contributed by atoms with E-state index >= 15 is 0 Å². The van der Waals surface area contributed by atoms with E-state index in [0.717, 1.165) is 0 Å². The Hall–Kier alpha value is -2.29. The molecule has 2 rings (SSSR count). The first-order chi connectivity index (χ1) is 8.94. The molecule has 3 N–H and O–H groups in total. The number of carbonyl (C=O) groups is 1. The lowest BCUT2D eigenvalue weighted by Gasteiger charge is -2.02. The van der Waals surface area contributed by atoms with Gasteiger partial charge in [-0.05, 0) is 6.07 Å². The summed E-state index contributed by atoms with van der Waals surface area (Å²) in [5.74, 6) is -0.101. The number of amides is 1. The lowest BCUT2D eigenvalue weighted by atomic mass is 10.4. The minimum absolute atomic E-state index is 0.00296. The quantitative estimate of drug-likeness (QED) is 0.728. The standard InChI is InChI=1S/C10H13N5O3S/c1-11-10(16)8-5-7(6-15(8)2)19(17,18)14-9-3-4-12-13-9/h3-6H,1-2H3,(H,11,16)(H2,12,13,14). The van der Waals surface area contributed by atoms with Crippen LogP contribution in [0, 0.1) is 0 Å². The highest BCUT2D eigenvalue weighted by Crippen LogP contribution is 2.16. The van der Waals surface area contributed by atoms with E-state index in [4.69, 9.17) is 0 Å². The summed E-state index contributed by atoms with van der Waals surface area (Å²) in [7, 11) is -0.673. The van der Waals surface area contributed by atoms with Crippen LogP contribution in [0.1, 0.15) is 10.5 Å². The smallest absolute Gasteiger partial charge is 0.267 e. The fraction of sp³-hybridized carbons (Fsp3) is 0.200. The van der Waals surface area contributed by atoms with Gasteiger partial charge in [-0.25, -0.2) is 8.42 Å². The summed E-state index contributed by atoms with van der Waals surface area (Å²) in [5.41, 5.74) is 0.257. The van der Waals surface area contributed by atoms with Crippen LogP contribution < -0.4 is 10.0 Å². The van der Waals surface area contributed by atoms with E-state index in [-0.39, 0.29) is 22.3 Å². The molecular weight excluding hydrogens is 270 g/mol. The maximum Gasteiger partial charge on any atom is 0.267 e. The number of sulfonamides is 1. The Morgan fingerprint density at radius 2 is 2.21 bits per heavy atom. The van der Waals surface area contributed by atoms with Crippen LogP contribution in [0.25, 0.3) is 0 Å². The van der Waals surface area contributed by atoms with Crippen LogP contribution >= 0.6 is 0 Å². The number of aryl methyl sites for hydroxylation is 1. The van der Waals surface area contributed by atoms with Gasteiger partial charge < -0.3 is 9.88 Å². The molecule has 0 aliphatic heterocycles. The fourth-order valence-electron chi connectivity index (χ4n) is 1.55. The minimum atomic E-state index is -3.75. The molecule has 0 aromatic carbocycles. The predicted octanol–water partition coefficient (Wildman–Crippen LogP) is -0.0914. The summed E-state index contributed by atoms with van der Waals surface area (Å²) in [4.78, 5) is 11.5. The van der Waals surface area contributed by atoms with E-state index in [2.05, 4.69) is 20.2 Å². The number of hydrogen-bond donors (Lipinski definition) is 3. The van der Waals surface area contributed by atoms with Gasteiger partial charge in [0.1, 0.15) is 16.4 Å². The maximum absolute atomic E-state index is 12.1. The molecule has 1 amide bonds. The van der Waals surface area contributed by atoms with Crippen LogP contribution in [-0.2, 0) is 17.1 Å². The van der Waals surface area contributed by atoms with Gasteiger partial charge in [0.2, 0.25) is 0 Å². The average molecular weight is 283 g/mol. The highest BCUT2D eigenvalue weighted by atomic mass is 32.2. The Morgan fingerprint density at radius 1 is 1.47 bits per heavy atom. The van der Waals surface area contributed by atoms with Crippen molar-refractivity contribution < 1.29 is 13.2 Å². The Bertz CT molecular complexity index is 687. The number of nitrogens with one attached hydrogen (secondary N) is 3. The van der Waals surface area contributed by atoms with Gasteiger partial charge in [0.25, 0.3) is 15.9 Å². The van der Waals surface area contributed by atoms with Crippen molar-refractivity contribution in [3.05, 3.63) is 30.2 Å². The molecule has 2 aromatic rings. The van der Waals surface area contributed by atoms with Crippen molar-refractivity contribution in [3.8, 4) is 0 Å².